The lowest BCUT2D eigenvalue weighted by Crippen LogP contribution is -2.39. The van der Waals surface area contributed by atoms with E-state index in [0.29, 0.717) is 15.6 Å². The summed E-state index contributed by atoms with van der Waals surface area (Å²) in [6, 6.07) is 4.51. The summed E-state index contributed by atoms with van der Waals surface area (Å²) >= 11 is 7.11. The third kappa shape index (κ3) is 2.82. The van der Waals surface area contributed by atoms with Gasteiger partial charge in [-0.3, -0.25) is 4.79 Å². The second kappa shape index (κ2) is 5.75. The number of thiophene rings is 1. The van der Waals surface area contributed by atoms with Gasteiger partial charge in [0, 0.05) is 15.1 Å². The number of fused-ring (bicyclic) bond motifs is 1. The van der Waals surface area contributed by atoms with Gasteiger partial charge in [-0.25, -0.2) is 0 Å². The van der Waals surface area contributed by atoms with E-state index in [0.717, 1.165) is 10.1 Å². The highest BCUT2D eigenvalue weighted by atomic mass is 35.5. The molecule has 0 bridgehead atoms. The topological polar surface area (TPSA) is 95.6 Å². The first-order valence-corrected chi connectivity index (χ1v) is 6.76. The summed E-state index contributed by atoms with van der Waals surface area (Å²) in [5, 5.41) is 21.7. The van der Waals surface area contributed by atoms with Gasteiger partial charge < -0.3 is 21.3 Å². The number of rotatable bonds is 4. The number of hydrogen-bond acceptors (Lipinski definition) is 5. The number of carbonyl (C=O) groups excluding carboxylic acids is 1. The molecule has 0 saturated carbocycles. The van der Waals surface area contributed by atoms with Gasteiger partial charge in [-0.2, -0.15) is 0 Å². The summed E-state index contributed by atoms with van der Waals surface area (Å²) in [4.78, 5) is 12.4. The fourth-order valence-electron chi connectivity index (χ4n) is 1.66. The van der Waals surface area contributed by atoms with Crippen LogP contribution in [-0.2, 0) is 0 Å². The van der Waals surface area contributed by atoms with Crippen LogP contribution in [-0.4, -0.2) is 35.4 Å². The number of aliphatic hydroxyl groups is 2. The molecule has 1 heterocycles. The van der Waals surface area contributed by atoms with Crippen LogP contribution in [0.15, 0.2) is 18.2 Å². The quantitative estimate of drug-likeness (QED) is 0.683. The average Bonchev–Trinajstić information content (AvgIpc) is 2.72. The minimum atomic E-state index is -0.694. The Hall–Kier alpha value is -1.34. The van der Waals surface area contributed by atoms with Crippen LogP contribution in [0.1, 0.15) is 9.67 Å². The van der Waals surface area contributed by atoms with E-state index in [4.69, 9.17) is 27.5 Å². The van der Waals surface area contributed by atoms with Crippen LogP contribution in [0.25, 0.3) is 10.1 Å². The SMILES string of the molecule is Nc1c(C(=O)NC(CO)CO)sc2cc(Cl)ccc12. The Kier molecular flexibility index (Phi) is 4.26. The molecule has 1 aromatic heterocycles. The van der Waals surface area contributed by atoms with E-state index in [1.807, 2.05) is 0 Å². The number of hydrogen-bond donors (Lipinski definition) is 4. The monoisotopic (exact) mass is 300 g/mol. The number of nitrogen functional groups attached to an aromatic ring is 1. The van der Waals surface area contributed by atoms with Gasteiger partial charge in [0.05, 0.1) is 24.9 Å². The summed E-state index contributed by atoms with van der Waals surface area (Å²) in [6.45, 7) is -0.669. The van der Waals surface area contributed by atoms with Crippen molar-refractivity contribution >= 4 is 44.6 Å². The molecule has 0 radical (unpaired) electrons. The molecule has 19 heavy (non-hydrogen) atoms. The molecule has 1 amide bonds. The lowest BCUT2D eigenvalue weighted by atomic mass is 10.2. The van der Waals surface area contributed by atoms with Crippen molar-refractivity contribution in [2.24, 2.45) is 0 Å². The van der Waals surface area contributed by atoms with Crippen LogP contribution < -0.4 is 11.1 Å². The largest absolute Gasteiger partial charge is 0.397 e. The minimum Gasteiger partial charge on any atom is -0.397 e. The van der Waals surface area contributed by atoms with Crippen molar-refractivity contribution in [1.82, 2.24) is 5.32 Å². The molecular formula is C12H13ClN2O3S. The van der Waals surface area contributed by atoms with Crippen molar-refractivity contribution < 1.29 is 15.0 Å². The van der Waals surface area contributed by atoms with Crippen molar-refractivity contribution in [3.63, 3.8) is 0 Å². The van der Waals surface area contributed by atoms with Gasteiger partial charge in [0.15, 0.2) is 0 Å². The summed E-state index contributed by atoms with van der Waals surface area (Å²) in [7, 11) is 0. The van der Waals surface area contributed by atoms with Crippen LogP contribution in [0.3, 0.4) is 0 Å². The Morgan fingerprint density at radius 1 is 1.42 bits per heavy atom. The standard InChI is InChI=1S/C12H13ClN2O3S/c13-6-1-2-8-9(3-6)19-11(10(8)14)12(18)15-7(4-16)5-17/h1-3,7,16-17H,4-5,14H2,(H,15,18). The third-order valence-electron chi connectivity index (χ3n) is 2.67. The molecule has 0 aliphatic heterocycles. The van der Waals surface area contributed by atoms with Gasteiger partial charge in [0.1, 0.15) is 4.88 Å². The first kappa shape index (κ1) is 14.1. The highest BCUT2D eigenvalue weighted by Crippen LogP contribution is 2.35. The second-order valence-corrected chi connectivity index (χ2v) is 5.51. The Labute approximate surface area is 118 Å². The fourth-order valence-corrected chi connectivity index (χ4v) is 2.96. The van der Waals surface area contributed by atoms with E-state index in [-0.39, 0.29) is 13.2 Å². The number of benzene rings is 1. The maximum absolute atomic E-state index is 12.0. The van der Waals surface area contributed by atoms with Crippen molar-refractivity contribution in [2.75, 3.05) is 18.9 Å². The van der Waals surface area contributed by atoms with Gasteiger partial charge in [-0.15, -0.1) is 11.3 Å². The Morgan fingerprint density at radius 3 is 2.74 bits per heavy atom. The first-order chi connectivity index (χ1) is 9.06. The minimum absolute atomic E-state index is 0.334. The number of anilines is 1. The highest BCUT2D eigenvalue weighted by molar-refractivity contribution is 7.21. The third-order valence-corrected chi connectivity index (χ3v) is 4.07. The molecular weight excluding hydrogens is 288 g/mol. The van der Waals surface area contributed by atoms with Crippen LogP contribution in [0.2, 0.25) is 5.02 Å². The maximum atomic E-state index is 12.0. The van der Waals surface area contributed by atoms with Gasteiger partial charge in [0.2, 0.25) is 0 Å². The number of aliphatic hydroxyl groups excluding tert-OH is 2. The number of halogens is 1. The van der Waals surface area contributed by atoms with E-state index >= 15 is 0 Å². The van der Waals surface area contributed by atoms with Crippen LogP contribution in [0.4, 0.5) is 5.69 Å². The average molecular weight is 301 g/mol. The number of amides is 1. The Balaban J connectivity index is 2.34. The molecule has 5 nitrogen and oxygen atoms in total. The van der Waals surface area contributed by atoms with Gasteiger partial charge in [0.25, 0.3) is 5.91 Å². The van der Waals surface area contributed by atoms with Gasteiger partial charge >= 0.3 is 0 Å². The fraction of sp³-hybridized carbons (Fsp3) is 0.250. The summed E-state index contributed by atoms with van der Waals surface area (Å²) < 4.78 is 0.819. The van der Waals surface area contributed by atoms with E-state index in [1.165, 1.54) is 11.3 Å². The Bertz CT molecular complexity index is 610. The van der Waals surface area contributed by atoms with Crippen LogP contribution in [0, 0.1) is 0 Å². The maximum Gasteiger partial charge on any atom is 0.263 e. The smallest absolute Gasteiger partial charge is 0.263 e. The molecule has 5 N–H and O–H groups in total. The predicted octanol–water partition coefficient (Wildman–Crippen LogP) is 1.22. The van der Waals surface area contributed by atoms with Crippen LogP contribution >= 0.6 is 22.9 Å². The molecule has 0 aliphatic carbocycles. The lowest BCUT2D eigenvalue weighted by Gasteiger charge is -2.12. The van der Waals surface area contributed by atoms with Crippen molar-refractivity contribution in [3.05, 3.63) is 28.1 Å². The summed E-state index contributed by atoms with van der Waals surface area (Å²) in [6.07, 6.45) is 0. The van der Waals surface area contributed by atoms with E-state index in [2.05, 4.69) is 5.32 Å². The van der Waals surface area contributed by atoms with Crippen molar-refractivity contribution in [2.45, 2.75) is 6.04 Å². The molecule has 0 unspecified atom stereocenters. The molecule has 0 saturated heterocycles. The normalized spacial score (nSPS) is 11.2. The predicted molar refractivity (Wildman–Crippen MR) is 76.7 cm³/mol. The van der Waals surface area contributed by atoms with E-state index in [1.54, 1.807) is 18.2 Å². The molecule has 0 spiro atoms. The molecule has 1 aromatic carbocycles. The van der Waals surface area contributed by atoms with E-state index < -0.39 is 11.9 Å². The molecule has 7 heteroatoms. The zero-order valence-electron chi connectivity index (χ0n) is 9.89. The number of carbonyl (C=O) groups is 1. The molecule has 2 aromatic rings. The molecule has 0 aliphatic rings. The zero-order chi connectivity index (χ0) is 14.0. The van der Waals surface area contributed by atoms with Crippen LogP contribution in [0.5, 0.6) is 0 Å². The number of nitrogens with two attached hydrogens (primary N) is 1. The first-order valence-electron chi connectivity index (χ1n) is 5.57. The molecule has 0 fully saturated rings. The summed E-state index contributed by atoms with van der Waals surface area (Å²) in [5.74, 6) is -0.414. The second-order valence-electron chi connectivity index (χ2n) is 4.02. The zero-order valence-corrected chi connectivity index (χ0v) is 11.5. The van der Waals surface area contributed by atoms with Crippen molar-refractivity contribution in [3.8, 4) is 0 Å². The van der Waals surface area contributed by atoms with Gasteiger partial charge in [-0.05, 0) is 18.2 Å². The molecule has 102 valence electrons. The highest BCUT2D eigenvalue weighted by Gasteiger charge is 2.19. The lowest BCUT2D eigenvalue weighted by molar-refractivity contribution is 0.0884. The Morgan fingerprint density at radius 2 is 2.11 bits per heavy atom. The van der Waals surface area contributed by atoms with E-state index in [9.17, 15) is 4.79 Å². The van der Waals surface area contributed by atoms with Gasteiger partial charge in [-0.1, -0.05) is 11.6 Å². The number of nitrogens with one attached hydrogen (secondary N) is 1. The van der Waals surface area contributed by atoms with Crippen molar-refractivity contribution in [1.29, 1.82) is 0 Å². The molecule has 0 atom stereocenters. The summed E-state index contributed by atoms with van der Waals surface area (Å²) in [5.41, 5.74) is 6.31. The molecule has 2 rings (SSSR count).